The van der Waals surface area contributed by atoms with Crippen molar-refractivity contribution < 1.29 is 14.3 Å². The normalized spacial score (nSPS) is 14.0. The fourth-order valence-corrected chi connectivity index (χ4v) is 4.65. The summed E-state index contributed by atoms with van der Waals surface area (Å²) < 4.78 is 5.42. The number of ether oxygens (including phenoxy) is 1. The van der Waals surface area contributed by atoms with Crippen LogP contribution >= 0.6 is 0 Å². The van der Waals surface area contributed by atoms with Crippen LogP contribution in [0.2, 0.25) is 0 Å². The molecule has 0 aliphatic carbocycles. The molecule has 0 atom stereocenters. The molecular weight excluding hydrogens is 580 g/mol. The third-order valence-electron chi connectivity index (χ3n) is 6.60. The molecule has 1 saturated heterocycles. The van der Waals surface area contributed by atoms with Crippen molar-refractivity contribution >= 4 is 23.5 Å². The molecule has 0 radical (unpaired) electrons. The van der Waals surface area contributed by atoms with Crippen molar-refractivity contribution in [3.63, 3.8) is 0 Å². The standard InChI is InChI=1S/C30H40N8O3.C5H12/c1-22(39)38-15-13-37(14-16-38)12-10-25-18-24(9-11-31-25)28-32-21-33-29(35-28)34-26-8-6-7-23(17-26)19-36(5)20-27(40)41-30(2,3)4;1-5(2,3)4/h6-9,11,17-18,21H,10,12-16,19-20H2,1-5H3,(H,32,33,34,35);1-4H3. The van der Waals surface area contributed by atoms with Crippen LogP contribution in [-0.4, -0.2) is 98.4 Å². The molecule has 1 aliphatic rings. The van der Waals surface area contributed by atoms with Gasteiger partial charge in [-0.3, -0.25) is 24.4 Å². The number of benzene rings is 1. The number of piperazine rings is 1. The van der Waals surface area contributed by atoms with E-state index >= 15 is 0 Å². The molecule has 2 aromatic heterocycles. The lowest BCUT2D eigenvalue weighted by molar-refractivity contribution is -0.155. The van der Waals surface area contributed by atoms with Gasteiger partial charge in [-0.05, 0) is 63.1 Å². The van der Waals surface area contributed by atoms with Crippen LogP contribution in [0.1, 0.15) is 66.6 Å². The minimum Gasteiger partial charge on any atom is -0.459 e. The van der Waals surface area contributed by atoms with Crippen LogP contribution in [0.3, 0.4) is 0 Å². The van der Waals surface area contributed by atoms with Gasteiger partial charge in [0.2, 0.25) is 11.9 Å². The Hall–Kier alpha value is -3.96. The molecule has 250 valence electrons. The lowest BCUT2D eigenvalue weighted by Crippen LogP contribution is -2.48. The Morgan fingerprint density at radius 2 is 1.65 bits per heavy atom. The lowest BCUT2D eigenvalue weighted by Gasteiger charge is -2.34. The summed E-state index contributed by atoms with van der Waals surface area (Å²) in [5, 5.41) is 3.27. The highest BCUT2D eigenvalue weighted by Gasteiger charge is 2.19. The topological polar surface area (TPSA) is 117 Å². The summed E-state index contributed by atoms with van der Waals surface area (Å²) in [7, 11) is 1.89. The van der Waals surface area contributed by atoms with E-state index in [4.69, 9.17) is 4.74 Å². The molecule has 0 unspecified atom stereocenters. The lowest BCUT2D eigenvalue weighted by atomic mass is 10.0. The van der Waals surface area contributed by atoms with Crippen molar-refractivity contribution in [1.29, 1.82) is 0 Å². The number of rotatable bonds is 10. The number of carbonyl (C=O) groups is 2. The Labute approximate surface area is 274 Å². The number of nitrogens with one attached hydrogen (secondary N) is 1. The molecule has 1 aromatic carbocycles. The van der Waals surface area contributed by atoms with Crippen molar-refractivity contribution in [3.05, 3.63) is 60.2 Å². The number of hydrogen-bond acceptors (Lipinski definition) is 10. The zero-order chi connectivity index (χ0) is 33.9. The zero-order valence-corrected chi connectivity index (χ0v) is 29.1. The number of hydrogen-bond donors (Lipinski definition) is 1. The molecule has 4 rings (SSSR count). The molecule has 1 N–H and O–H groups in total. The van der Waals surface area contributed by atoms with Gasteiger partial charge in [-0.1, -0.05) is 39.8 Å². The highest BCUT2D eigenvalue weighted by molar-refractivity contribution is 5.73. The van der Waals surface area contributed by atoms with Gasteiger partial charge < -0.3 is 15.0 Å². The van der Waals surface area contributed by atoms with E-state index in [9.17, 15) is 9.59 Å². The van der Waals surface area contributed by atoms with Crippen molar-refractivity contribution in [2.45, 2.75) is 74.0 Å². The van der Waals surface area contributed by atoms with E-state index in [1.807, 2.05) is 74.0 Å². The molecule has 11 heteroatoms. The Morgan fingerprint density at radius 1 is 0.957 bits per heavy atom. The molecule has 1 amide bonds. The molecule has 46 heavy (non-hydrogen) atoms. The first-order valence-corrected chi connectivity index (χ1v) is 15.9. The SMILES string of the molecule is CC(=O)N1CCN(CCc2cc(-c3ncnc(Nc4cccc(CN(C)CC(=O)OC(C)(C)C)c4)n3)ccn2)CC1.CC(C)(C)C. The summed E-state index contributed by atoms with van der Waals surface area (Å²) in [6, 6.07) is 11.8. The molecule has 1 fully saturated rings. The van der Waals surface area contributed by atoms with Gasteiger partial charge in [0, 0.05) is 75.8 Å². The van der Waals surface area contributed by atoms with Crippen LogP contribution in [-0.2, 0) is 27.3 Å². The third-order valence-corrected chi connectivity index (χ3v) is 6.60. The predicted molar refractivity (Wildman–Crippen MR) is 182 cm³/mol. The number of carbonyl (C=O) groups excluding carboxylic acids is 2. The van der Waals surface area contributed by atoms with E-state index in [1.54, 1.807) is 13.1 Å². The average Bonchev–Trinajstić information content (AvgIpc) is 2.95. The molecule has 0 bridgehead atoms. The van der Waals surface area contributed by atoms with Crippen LogP contribution in [0.15, 0.2) is 48.9 Å². The molecule has 3 aromatic rings. The largest absolute Gasteiger partial charge is 0.459 e. The first-order chi connectivity index (χ1) is 21.5. The number of amides is 1. The predicted octanol–water partition coefficient (Wildman–Crippen LogP) is 5.21. The Kier molecular flexibility index (Phi) is 13.1. The summed E-state index contributed by atoms with van der Waals surface area (Å²) in [6.45, 7) is 20.9. The molecular formula is C35H52N8O3. The Balaban J connectivity index is 0.00000107. The number of pyridine rings is 1. The quantitative estimate of drug-likeness (QED) is 0.299. The number of nitrogens with zero attached hydrogens (tertiary/aromatic N) is 7. The third kappa shape index (κ3) is 14.0. The van der Waals surface area contributed by atoms with Gasteiger partial charge in [-0.15, -0.1) is 0 Å². The van der Waals surface area contributed by atoms with E-state index in [0.717, 1.165) is 61.7 Å². The van der Waals surface area contributed by atoms with Crippen LogP contribution in [0.5, 0.6) is 0 Å². The molecule has 0 saturated carbocycles. The van der Waals surface area contributed by atoms with Crippen molar-refractivity contribution in [3.8, 4) is 11.4 Å². The van der Waals surface area contributed by atoms with Gasteiger partial charge in [0.1, 0.15) is 11.9 Å². The highest BCUT2D eigenvalue weighted by Crippen LogP contribution is 2.20. The summed E-state index contributed by atoms with van der Waals surface area (Å²) in [5.41, 5.74) is 3.72. The number of likely N-dealkylation sites (N-methyl/N-ethyl adjacent to an activating group) is 1. The highest BCUT2D eigenvalue weighted by atomic mass is 16.6. The van der Waals surface area contributed by atoms with E-state index in [1.165, 1.54) is 6.33 Å². The fraction of sp³-hybridized carbons (Fsp3) is 0.543. The first kappa shape index (κ1) is 36.5. The second kappa shape index (κ2) is 16.6. The summed E-state index contributed by atoms with van der Waals surface area (Å²) in [6.07, 6.45) is 4.09. The van der Waals surface area contributed by atoms with Gasteiger partial charge in [0.25, 0.3) is 0 Å². The van der Waals surface area contributed by atoms with Gasteiger partial charge in [-0.2, -0.15) is 4.98 Å². The van der Waals surface area contributed by atoms with Crippen molar-refractivity contribution in [1.82, 2.24) is 34.6 Å². The molecule has 11 nitrogen and oxygen atoms in total. The minimum atomic E-state index is -0.503. The molecule has 0 spiro atoms. The van der Waals surface area contributed by atoms with Gasteiger partial charge >= 0.3 is 5.97 Å². The maximum atomic E-state index is 12.2. The zero-order valence-electron chi connectivity index (χ0n) is 29.1. The molecule has 3 heterocycles. The van der Waals surface area contributed by atoms with E-state index in [2.05, 4.69) is 57.8 Å². The summed E-state index contributed by atoms with van der Waals surface area (Å²) >= 11 is 0. The van der Waals surface area contributed by atoms with E-state index in [-0.39, 0.29) is 18.4 Å². The Bertz CT molecular complexity index is 1420. The van der Waals surface area contributed by atoms with Crippen LogP contribution < -0.4 is 5.32 Å². The number of esters is 1. The van der Waals surface area contributed by atoms with Crippen LogP contribution in [0.4, 0.5) is 11.6 Å². The van der Waals surface area contributed by atoms with Gasteiger partial charge in [0.05, 0.1) is 6.54 Å². The average molecular weight is 633 g/mol. The van der Waals surface area contributed by atoms with Gasteiger partial charge in [0.15, 0.2) is 5.82 Å². The number of anilines is 2. The molecule has 1 aliphatic heterocycles. The van der Waals surface area contributed by atoms with Crippen LogP contribution in [0, 0.1) is 5.41 Å². The summed E-state index contributed by atoms with van der Waals surface area (Å²) in [4.78, 5) is 47.8. The van der Waals surface area contributed by atoms with Crippen molar-refractivity contribution in [2.24, 2.45) is 5.41 Å². The second-order valence-corrected chi connectivity index (χ2v) is 14.4. The smallest absolute Gasteiger partial charge is 0.320 e. The maximum Gasteiger partial charge on any atom is 0.320 e. The van der Waals surface area contributed by atoms with Crippen LogP contribution in [0.25, 0.3) is 11.4 Å². The monoisotopic (exact) mass is 632 g/mol. The minimum absolute atomic E-state index is 0.140. The first-order valence-electron chi connectivity index (χ1n) is 15.9. The second-order valence-electron chi connectivity index (χ2n) is 14.4. The summed E-state index contributed by atoms with van der Waals surface area (Å²) in [5.74, 6) is 0.894. The van der Waals surface area contributed by atoms with E-state index in [0.29, 0.717) is 23.7 Å². The van der Waals surface area contributed by atoms with E-state index < -0.39 is 5.60 Å². The Morgan fingerprint density at radius 3 is 2.30 bits per heavy atom. The van der Waals surface area contributed by atoms with Gasteiger partial charge in [-0.25, -0.2) is 9.97 Å². The maximum absolute atomic E-state index is 12.2. The number of aromatic nitrogens is 4. The van der Waals surface area contributed by atoms with Crippen molar-refractivity contribution in [2.75, 3.05) is 51.6 Å². The fourth-order valence-electron chi connectivity index (χ4n) is 4.65.